The summed E-state index contributed by atoms with van der Waals surface area (Å²) in [7, 11) is 3.51. The normalized spacial score (nSPS) is 36.4. The number of hydrogen-bond donors (Lipinski definition) is 1. The maximum absolute atomic E-state index is 13.2. The van der Waals surface area contributed by atoms with E-state index in [2.05, 4.69) is 24.3 Å². The average Bonchev–Trinajstić information content (AvgIpc) is 3.61. The minimum absolute atomic E-state index is 0.0639. The SMILES string of the molecule is C/C(=N\OC(=O)N(CCOC=O)CCC1CCC(C(=O)N(C)C)N1)[C@H]1CC[C@H]2[C@@H]3CCC4=CC(=O)CC[C@]4(C)[C@H]3CC[C@]12C. The van der Waals surface area contributed by atoms with Crippen molar-refractivity contribution in [2.24, 2.45) is 39.7 Å². The molecule has 2 amide bonds. The molecular weight excluding hydrogens is 560 g/mol. The Morgan fingerprint density at radius 3 is 2.59 bits per heavy atom. The van der Waals surface area contributed by atoms with Crippen molar-refractivity contribution in [2.45, 2.75) is 103 Å². The van der Waals surface area contributed by atoms with E-state index in [4.69, 9.17) is 9.57 Å². The van der Waals surface area contributed by atoms with E-state index >= 15 is 0 Å². The first-order valence-electron chi connectivity index (χ1n) is 16.7. The van der Waals surface area contributed by atoms with Crippen LogP contribution in [0.25, 0.3) is 0 Å². The average molecular weight is 613 g/mol. The molecule has 10 heteroatoms. The van der Waals surface area contributed by atoms with Crippen LogP contribution in [0, 0.1) is 34.5 Å². The summed E-state index contributed by atoms with van der Waals surface area (Å²) in [4.78, 5) is 57.1. The van der Waals surface area contributed by atoms with E-state index in [0.29, 0.717) is 49.4 Å². The van der Waals surface area contributed by atoms with E-state index < -0.39 is 6.09 Å². The Hall–Kier alpha value is -2.75. The van der Waals surface area contributed by atoms with E-state index in [1.807, 2.05) is 13.0 Å². The van der Waals surface area contributed by atoms with Gasteiger partial charge in [-0.25, -0.2) is 4.79 Å². The second-order valence-electron chi connectivity index (χ2n) is 14.7. The standard InChI is InChI=1S/C34H52N4O6/c1-22(36-44-32(42)38(18-19-43-21-39)17-14-24-7-11-30(35-24)31(41)37(4)5)27-9-10-28-26-8-6-23-20-25(40)12-15-33(23,2)29(26)13-16-34(27,28)3/h20-21,24,26-30,35H,6-19H2,1-5H3/b36-22+/t24?,26-,27+,28-,29-,30?,33-,34+/m0/s1. The van der Waals surface area contributed by atoms with Gasteiger partial charge in [-0.05, 0) is 106 Å². The lowest BCUT2D eigenvalue weighted by atomic mass is 9.46. The largest absolute Gasteiger partial charge is 0.466 e. The van der Waals surface area contributed by atoms with Gasteiger partial charge in [0, 0.05) is 39.0 Å². The van der Waals surface area contributed by atoms with Gasteiger partial charge in [0.15, 0.2) is 5.78 Å². The van der Waals surface area contributed by atoms with Crippen LogP contribution in [0.4, 0.5) is 4.79 Å². The van der Waals surface area contributed by atoms with E-state index in [0.717, 1.165) is 57.1 Å². The van der Waals surface area contributed by atoms with Crippen molar-refractivity contribution in [1.29, 1.82) is 0 Å². The summed E-state index contributed by atoms with van der Waals surface area (Å²) < 4.78 is 4.88. The third kappa shape index (κ3) is 6.33. The predicted molar refractivity (Wildman–Crippen MR) is 167 cm³/mol. The molecule has 5 rings (SSSR count). The molecule has 244 valence electrons. The molecule has 3 saturated carbocycles. The van der Waals surface area contributed by atoms with E-state index in [1.54, 1.807) is 19.0 Å². The molecule has 8 atom stereocenters. The lowest BCUT2D eigenvalue weighted by molar-refractivity contribution is -0.130. The maximum Gasteiger partial charge on any atom is 0.436 e. The Labute approximate surface area is 262 Å². The first kappa shape index (κ1) is 32.6. The van der Waals surface area contributed by atoms with Gasteiger partial charge in [-0.3, -0.25) is 19.2 Å². The molecule has 0 aromatic rings. The highest BCUT2D eigenvalue weighted by atomic mass is 16.7. The summed E-state index contributed by atoms with van der Waals surface area (Å²) in [5, 5.41) is 7.81. The molecule has 4 fully saturated rings. The van der Waals surface area contributed by atoms with Gasteiger partial charge in [0.25, 0.3) is 6.47 Å². The Bertz CT molecular complexity index is 1180. The summed E-state index contributed by atoms with van der Waals surface area (Å²) in [6.45, 7) is 7.92. The summed E-state index contributed by atoms with van der Waals surface area (Å²) in [5.41, 5.74) is 2.55. The smallest absolute Gasteiger partial charge is 0.436 e. The van der Waals surface area contributed by atoms with Crippen molar-refractivity contribution < 1.29 is 28.8 Å². The van der Waals surface area contributed by atoms with Crippen LogP contribution in [0.2, 0.25) is 0 Å². The summed E-state index contributed by atoms with van der Waals surface area (Å²) in [6, 6.07) is -0.0841. The fourth-order valence-corrected chi connectivity index (χ4v) is 9.85. The van der Waals surface area contributed by atoms with Crippen molar-refractivity contribution in [1.82, 2.24) is 15.1 Å². The van der Waals surface area contributed by atoms with Crippen LogP contribution < -0.4 is 5.32 Å². The number of carbonyl (C=O) groups excluding carboxylic acids is 4. The van der Waals surface area contributed by atoms with E-state index in [1.165, 1.54) is 16.9 Å². The Kier molecular flexibility index (Phi) is 9.87. The van der Waals surface area contributed by atoms with Gasteiger partial charge in [0.1, 0.15) is 6.61 Å². The summed E-state index contributed by atoms with van der Waals surface area (Å²) in [6.07, 6.45) is 12.1. The molecule has 1 aliphatic heterocycles. The van der Waals surface area contributed by atoms with Gasteiger partial charge >= 0.3 is 6.09 Å². The summed E-state index contributed by atoms with van der Waals surface area (Å²) >= 11 is 0. The minimum atomic E-state index is -0.549. The number of fused-ring (bicyclic) bond motifs is 5. The van der Waals surface area contributed by atoms with Gasteiger partial charge in [-0.2, -0.15) is 0 Å². The molecule has 0 aromatic carbocycles. The highest BCUT2D eigenvalue weighted by Crippen LogP contribution is 2.66. The molecule has 1 heterocycles. The van der Waals surface area contributed by atoms with Crippen LogP contribution in [-0.4, -0.2) is 85.6 Å². The highest BCUT2D eigenvalue weighted by Gasteiger charge is 2.59. The molecule has 1 N–H and O–H groups in total. The van der Waals surface area contributed by atoms with Crippen LogP contribution in [0.15, 0.2) is 16.8 Å². The van der Waals surface area contributed by atoms with Gasteiger partial charge in [0.2, 0.25) is 5.91 Å². The number of oxime groups is 1. The lowest BCUT2D eigenvalue weighted by Gasteiger charge is -2.58. The van der Waals surface area contributed by atoms with Crippen molar-refractivity contribution in [2.75, 3.05) is 33.8 Å². The Morgan fingerprint density at radius 1 is 1.05 bits per heavy atom. The summed E-state index contributed by atoms with van der Waals surface area (Å²) in [5.74, 6) is 2.54. The zero-order valence-corrected chi connectivity index (χ0v) is 27.3. The molecule has 0 spiro atoms. The molecule has 0 bridgehead atoms. The van der Waals surface area contributed by atoms with Crippen molar-refractivity contribution in [3.05, 3.63) is 11.6 Å². The van der Waals surface area contributed by atoms with Crippen LogP contribution in [0.3, 0.4) is 0 Å². The molecule has 10 nitrogen and oxygen atoms in total. The van der Waals surface area contributed by atoms with Gasteiger partial charge in [0.05, 0.1) is 18.3 Å². The number of allylic oxidation sites excluding steroid dienone is 1. The Balaban J connectivity index is 1.20. The molecule has 2 unspecified atom stereocenters. The molecule has 0 aromatic heterocycles. The number of nitrogens with zero attached hydrogens (tertiary/aromatic N) is 3. The van der Waals surface area contributed by atoms with Crippen molar-refractivity contribution in [3.8, 4) is 0 Å². The minimum Gasteiger partial charge on any atom is -0.466 e. The molecular formula is C34H52N4O6. The number of carbonyl (C=O) groups is 4. The number of ketones is 1. The molecule has 0 radical (unpaired) electrons. The molecule has 1 saturated heterocycles. The lowest BCUT2D eigenvalue weighted by Crippen LogP contribution is -2.51. The molecule has 4 aliphatic carbocycles. The topological polar surface area (TPSA) is 118 Å². The molecule has 44 heavy (non-hydrogen) atoms. The zero-order chi connectivity index (χ0) is 31.6. The zero-order valence-electron chi connectivity index (χ0n) is 27.3. The van der Waals surface area contributed by atoms with Gasteiger partial charge < -0.3 is 19.9 Å². The maximum atomic E-state index is 13.2. The second-order valence-corrected chi connectivity index (χ2v) is 14.7. The monoisotopic (exact) mass is 612 g/mol. The first-order chi connectivity index (χ1) is 21.0. The number of rotatable bonds is 10. The van der Waals surface area contributed by atoms with Gasteiger partial charge in [-0.15, -0.1) is 0 Å². The third-order valence-electron chi connectivity index (χ3n) is 12.3. The number of ether oxygens (including phenoxy) is 1. The van der Waals surface area contributed by atoms with Crippen LogP contribution >= 0.6 is 0 Å². The number of nitrogens with one attached hydrogen (secondary N) is 1. The molecule has 5 aliphatic rings. The first-order valence-corrected chi connectivity index (χ1v) is 16.7. The van der Waals surface area contributed by atoms with Crippen LogP contribution in [0.1, 0.15) is 91.4 Å². The van der Waals surface area contributed by atoms with Gasteiger partial charge in [-0.1, -0.05) is 24.6 Å². The number of amides is 2. The third-order valence-corrected chi connectivity index (χ3v) is 12.3. The van der Waals surface area contributed by atoms with Crippen molar-refractivity contribution in [3.63, 3.8) is 0 Å². The Morgan fingerprint density at radius 2 is 1.84 bits per heavy atom. The highest BCUT2D eigenvalue weighted by molar-refractivity contribution is 5.91. The fraction of sp³-hybridized carbons (Fsp3) is 0.794. The fourth-order valence-electron chi connectivity index (χ4n) is 9.85. The number of likely N-dealkylation sites (N-methyl/N-ethyl adjacent to an activating group) is 1. The quantitative estimate of drug-likeness (QED) is 0.125. The van der Waals surface area contributed by atoms with Crippen molar-refractivity contribution >= 4 is 30.0 Å². The predicted octanol–water partition coefficient (Wildman–Crippen LogP) is 4.72. The number of hydrogen-bond acceptors (Lipinski definition) is 8. The van der Waals surface area contributed by atoms with E-state index in [-0.39, 0.29) is 47.9 Å². The van der Waals surface area contributed by atoms with Crippen LogP contribution in [0.5, 0.6) is 0 Å². The van der Waals surface area contributed by atoms with E-state index in [9.17, 15) is 19.2 Å². The second kappa shape index (κ2) is 13.3. The van der Waals surface area contributed by atoms with Crippen LogP contribution in [-0.2, 0) is 24.0 Å².